The molecule has 2 heterocycles. The molecule has 2 atom stereocenters. The second-order valence-corrected chi connectivity index (χ2v) is 9.05. The highest BCUT2D eigenvalue weighted by atomic mass is 35.5. The Morgan fingerprint density at radius 1 is 1.36 bits per heavy atom. The van der Waals surface area contributed by atoms with Crippen molar-refractivity contribution in [3.8, 4) is 17.0 Å². The van der Waals surface area contributed by atoms with Crippen LogP contribution in [0.15, 0.2) is 36.5 Å². The van der Waals surface area contributed by atoms with Gasteiger partial charge in [0.05, 0.1) is 24.0 Å². The van der Waals surface area contributed by atoms with Gasteiger partial charge in [-0.25, -0.2) is 17.5 Å². The van der Waals surface area contributed by atoms with Gasteiger partial charge in [-0.3, -0.25) is 4.98 Å². The maximum Gasteiger partial charge on any atom is 0.211 e. The minimum absolute atomic E-state index is 0.0364. The third kappa shape index (κ3) is 5.41. The van der Waals surface area contributed by atoms with Crippen LogP contribution in [0.4, 0.5) is 4.39 Å². The Kier molecular flexibility index (Phi) is 6.87. The summed E-state index contributed by atoms with van der Waals surface area (Å²) in [5.41, 5.74) is 0.821. The fourth-order valence-corrected chi connectivity index (χ4v) is 4.05. The predicted octanol–water partition coefficient (Wildman–Crippen LogP) is 3.26. The van der Waals surface area contributed by atoms with E-state index in [0.29, 0.717) is 37.6 Å². The molecule has 28 heavy (non-hydrogen) atoms. The van der Waals surface area contributed by atoms with Crippen molar-refractivity contribution in [2.24, 2.45) is 5.92 Å². The molecule has 1 aliphatic heterocycles. The fourth-order valence-electron chi connectivity index (χ4n) is 2.97. The van der Waals surface area contributed by atoms with E-state index in [4.69, 9.17) is 21.1 Å². The molecule has 1 aromatic carbocycles. The number of nitrogens with one attached hydrogen (secondary N) is 1. The Morgan fingerprint density at radius 3 is 2.79 bits per heavy atom. The number of pyridine rings is 1. The van der Waals surface area contributed by atoms with E-state index in [2.05, 4.69) is 9.71 Å². The number of rotatable bonds is 7. The van der Waals surface area contributed by atoms with Crippen LogP contribution in [-0.4, -0.2) is 45.0 Å². The molecule has 0 aliphatic carbocycles. The smallest absolute Gasteiger partial charge is 0.211 e. The van der Waals surface area contributed by atoms with E-state index < -0.39 is 15.8 Å². The first-order chi connectivity index (χ1) is 13.4. The van der Waals surface area contributed by atoms with Gasteiger partial charge in [-0.2, -0.15) is 0 Å². The van der Waals surface area contributed by atoms with Crippen LogP contribution in [0.5, 0.6) is 5.75 Å². The first-order valence-corrected chi connectivity index (χ1v) is 11.0. The number of ether oxygens (including phenoxy) is 2. The van der Waals surface area contributed by atoms with Gasteiger partial charge in [-0.05, 0) is 43.7 Å². The maximum absolute atomic E-state index is 14.0. The van der Waals surface area contributed by atoms with Gasteiger partial charge in [0.15, 0.2) is 5.82 Å². The molecule has 0 bridgehead atoms. The third-order valence-electron chi connectivity index (χ3n) is 4.58. The summed E-state index contributed by atoms with van der Waals surface area (Å²) in [5.74, 6) is 0.0480. The number of sulfonamides is 1. The van der Waals surface area contributed by atoms with E-state index in [9.17, 15) is 12.8 Å². The molecule has 2 aromatic rings. The Morgan fingerprint density at radius 2 is 2.11 bits per heavy atom. The molecule has 1 aliphatic rings. The van der Waals surface area contributed by atoms with Crippen LogP contribution >= 0.6 is 11.6 Å². The van der Waals surface area contributed by atoms with Crippen molar-refractivity contribution in [2.75, 3.05) is 25.6 Å². The van der Waals surface area contributed by atoms with Gasteiger partial charge >= 0.3 is 0 Å². The zero-order chi connectivity index (χ0) is 20.1. The average Bonchev–Trinajstić information content (AvgIpc) is 2.68. The zero-order valence-electron chi connectivity index (χ0n) is 15.4. The summed E-state index contributed by atoms with van der Waals surface area (Å²) in [5, 5.41) is 0.240. The van der Waals surface area contributed by atoms with Crippen LogP contribution in [0.3, 0.4) is 0 Å². The lowest BCUT2D eigenvalue weighted by Crippen LogP contribution is -2.47. The number of nitrogens with zero attached hydrogens (tertiary/aromatic N) is 1. The van der Waals surface area contributed by atoms with Crippen molar-refractivity contribution < 1.29 is 22.3 Å². The minimum atomic E-state index is -3.29. The largest absolute Gasteiger partial charge is 0.493 e. The second-order valence-electron chi connectivity index (χ2n) is 6.57. The standard InChI is InChI=1S/C19H22ClFN2O4S/c1-2-28(24,25)23-18-7-8-26-11-14(18)12-27-16-5-3-13(4-6-16)19-17(21)9-15(20)10-22-19/h3-6,9-10,14,18,23H,2,7-8,11-12H2,1H3/t14-,18+/m0/s1. The molecule has 3 rings (SSSR count). The summed E-state index contributed by atoms with van der Waals surface area (Å²) in [6.45, 7) is 2.85. The van der Waals surface area contributed by atoms with Gasteiger partial charge in [-0.1, -0.05) is 11.6 Å². The number of hydrogen-bond acceptors (Lipinski definition) is 5. The first-order valence-electron chi connectivity index (χ1n) is 9.00. The third-order valence-corrected chi connectivity index (χ3v) is 6.21. The van der Waals surface area contributed by atoms with E-state index in [1.165, 1.54) is 12.3 Å². The van der Waals surface area contributed by atoms with Crippen LogP contribution < -0.4 is 9.46 Å². The van der Waals surface area contributed by atoms with Gasteiger partial charge in [0.2, 0.25) is 10.0 Å². The first kappa shape index (κ1) is 21.0. The van der Waals surface area contributed by atoms with Crippen molar-refractivity contribution in [1.82, 2.24) is 9.71 Å². The zero-order valence-corrected chi connectivity index (χ0v) is 17.0. The molecule has 1 saturated heterocycles. The molecule has 9 heteroatoms. The van der Waals surface area contributed by atoms with Gasteiger partial charge in [0.25, 0.3) is 0 Å². The van der Waals surface area contributed by atoms with Gasteiger partial charge in [-0.15, -0.1) is 0 Å². The van der Waals surface area contributed by atoms with E-state index >= 15 is 0 Å². The van der Waals surface area contributed by atoms with E-state index in [1.807, 2.05) is 0 Å². The minimum Gasteiger partial charge on any atom is -0.493 e. The Labute approximate surface area is 169 Å². The van der Waals surface area contributed by atoms with E-state index in [-0.39, 0.29) is 28.4 Å². The topological polar surface area (TPSA) is 77.5 Å². The monoisotopic (exact) mass is 428 g/mol. The highest BCUT2D eigenvalue weighted by molar-refractivity contribution is 7.89. The molecule has 6 nitrogen and oxygen atoms in total. The summed E-state index contributed by atoms with van der Waals surface area (Å²) in [4.78, 5) is 4.02. The molecule has 1 N–H and O–H groups in total. The van der Waals surface area contributed by atoms with E-state index in [0.717, 1.165) is 0 Å². The van der Waals surface area contributed by atoms with Crippen molar-refractivity contribution in [3.63, 3.8) is 0 Å². The summed E-state index contributed by atoms with van der Waals surface area (Å²) in [7, 11) is -3.29. The summed E-state index contributed by atoms with van der Waals surface area (Å²) in [6, 6.07) is 7.87. The number of benzene rings is 1. The quantitative estimate of drug-likeness (QED) is 0.732. The Bertz CT molecular complexity index is 909. The molecular weight excluding hydrogens is 407 g/mol. The van der Waals surface area contributed by atoms with Crippen molar-refractivity contribution in [3.05, 3.63) is 47.4 Å². The Balaban J connectivity index is 1.63. The number of halogens is 2. The van der Waals surface area contributed by atoms with Crippen LogP contribution in [0.1, 0.15) is 13.3 Å². The molecule has 0 saturated carbocycles. The summed E-state index contributed by atoms with van der Waals surface area (Å²) in [6.07, 6.45) is 2.00. The lowest BCUT2D eigenvalue weighted by Gasteiger charge is -2.31. The van der Waals surface area contributed by atoms with Gasteiger partial charge in [0, 0.05) is 30.3 Å². The normalized spacial score (nSPS) is 20.1. The maximum atomic E-state index is 14.0. The van der Waals surface area contributed by atoms with Crippen LogP contribution in [-0.2, 0) is 14.8 Å². The molecule has 0 amide bonds. The van der Waals surface area contributed by atoms with Gasteiger partial charge < -0.3 is 9.47 Å². The highest BCUT2D eigenvalue weighted by Gasteiger charge is 2.29. The summed E-state index contributed by atoms with van der Waals surface area (Å²) >= 11 is 5.73. The molecule has 1 fully saturated rings. The number of aromatic nitrogens is 1. The fraction of sp³-hybridized carbons (Fsp3) is 0.421. The number of hydrogen-bond donors (Lipinski definition) is 1. The van der Waals surface area contributed by atoms with Crippen LogP contribution in [0.25, 0.3) is 11.3 Å². The molecule has 0 unspecified atom stereocenters. The second kappa shape index (κ2) is 9.17. The van der Waals surface area contributed by atoms with Crippen molar-refractivity contribution in [1.29, 1.82) is 0 Å². The summed E-state index contributed by atoms with van der Waals surface area (Å²) < 4.78 is 51.7. The van der Waals surface area contributed by atoms with Crippen molar-refractivity contribution in [2.45, 2.75) is 19.4 Å². The molecule has 1 aromatic heterocycles. The molecular formula is C19H22ClFN2O4S. The van der Waals surface area contributed by atoms with Crippen LogP contribution in [0.2, 0.25) is 5.02 Å². The molecule has 152 valence electrons. The molecule has 0 radical (unpaired) electrons. The van der Waals surface area contributed by atoms with Crippen LogP contribution in [0, 0.1) is 11.7 Å². The van der Waals surface area contributed by atoms with Crippen molar-refractivity contribution >= 4 is 21.6 Å². The lowest BCUT2D eigenvalue weighted by molar-refractivity contribution is 0.0186. The van der Waals surface area contributed by atoms with E-state index in [1.54, 1.807) is 31.2 Å². The lowest BCUT2D eigenvalue weighted by atomic mass is 9.98. The predicted molar refractivity (Wildman–Crippen MR) is 105 cm³/mol. The highest BCUT2D eigenvalue weighted by Crippen LogP contribution is 2.25. The molecule has 0 spiro atoms. The Hall–Kier alpha value is -1.74. The average molecular weight is 429 g/mol. The van der Waals surface area contributed by atoms with Gasteiger partial charge in [0.1, 0.15) is 11.4 Å². The SMILES string of the molecule is CCS(=O)(=O)N[C@@H]1CCOC[C@H]1COc1ccc(-c2ncc(Cl)cc2F)cc1.